The lowest BCUT2D eigenvalue weighted by molar-refractivity contribution is 0.0700. The van der Waals surface area contributed by atoms with Crippen LogP contribution in [0.1, 0.15) is 46.1 Å². The van der Waals surface area contributed by atoms with Crippen LogP contribution in [-0.2, 0) is 6.54 Å². The summed E-state index contributed by atoms with van der Waals surface area (Å²) < 4.78 is 0. The summed E-state index contributed by atoms with van der Waals surface area (Å²) in [6, 6.07) is 0. The van der Waals surface area contributed by atoms with E-state index in [-0.39, 0.29) is 6.61 Å². The quantitative estimate of drug-likeness (QED) is 0.786. The third-order valence-corrected chi connectivity index (χ3v) is 4.12. The summed E-state index contributed by atoms with van der Waals surface area (Å²) in [4.78, 5) is 18.1. The molecule has 0 bridgehead atoms. The van der Waals surface area contributed by atoms with Crippen LogP contribution < -0.4 is 0 Å². The molecule has 6 heteroatoms. The number of likely N-dealkylation sites (N-methyl/N-ethyl adjacent to an activating group) is 1. The second-order valence-electron chi connectivity index (χ2n) is 4.49. The molecule has 18 heavy (non-hydrogen) atoms. The number of hydrogen-bond donors (Lipinski definition) is 2. The van der Waals surface area contributed by atoms with Crippen molar-refractivity contribution in [3.63, 3.8) is 0 Å². The third-order valence-electron chi connectivity index (χ3n) is 3.08. The molecule has 0 aliphatic heterocycles. The highest BCUT2D eigenvalue weighted by molar-refractivity contribution is 7.13. The molecule has 0 amide bonds. The predicted octanol–water partition coefficient (Wildman–Crippen LogP) is 1.53. The largest absolute Gasteiger partial charge is 0.477 e. The fourth-order valence-electron chi connectivity index (χ4n) is 1.91. The first kappa shape index (κ1) is 13.5. The molecule has 0 aromatic carbocycles. The van der Waals surface area contributed by atoms with Crippen molar-refractivity contribution in [2.45, 2.75) is 32.2 Å². The van der Waals surface area contributed by atoms with E-state index in [0.29, 0.717) is 23.9 Å². The molecule has 1 aliphatic carbocycles. The summed E-state index contributed by atoms with van der Waals surface area (Å²) in [5, 5.41) is 18.9. The van der Waals surface area contributed by atoms with Crippen LogP contribution in [0.3, 0.4) is 0 Å². The Labute approximate surface area is 110 Å². The van der Waals surface area contributed by atoms with Gasteiger partial charge in [-0.05, 0) is 19.4 Å². The normalized spacial score (nSPS) is 15.3. The van der Waals surface area contributed by atoms with Crippen LogP contribution in [0.25, 0.3) is 0 Å². The van der Waals surface area contributed by atoms with E-state index in [4.69, 9.17) is 10.2 Å². The van der Waals surface area contributed by atoms with E-state index in [0.717, 1.165) is 30.1 Å². The number of carboxylic acid groups (broad SMARTS) is 1. The molecule has 2 rings (SSSR count). The van der Waals surface area contributed by atoms with Crippen LogP contribution in [0, 0.1) is 0 Å². The Morgan fingerprint density at radius 1 is 1.56 bits per heavy atom. The van der Waals surface area contributed by atoms with Crippen LogP contribution >= 0.6 is 11.3 Å². The van der Waals surface area contributed by atoms with E-state index in [9.17, 15) is 4.79 Å². The minimum Gasteiger partial charge on any atom is -0.477 e. The first-order valence-electron chi connectivity index (χ1n) is 6.21. The minimum atomic E-state index is -0.870. The molecule has 0 radical (unpaired) electrons. The molecule has 0 unspecified atom stereocenters. The van der Waals surface area contributed by atoms with Crippen molar-refractivity contribution >= 4 is 17.3 Å². The van der Waals surface area contributed by atoms with Gasteiger partial charge in [-0.3, -0.25) is 4.90 Å². The van der Waals surface area contributed by atoms with Crippen LogP contribution in [0.2, 0.25) is 0 Å². The molecular formula is C12H18N2O3S. The van der Waals surface area contributed by atoms with E-state index in [2.05, 4.69) is 9.88 Å². The molecular weight excluding hydrogens is 252 g/mol. The number of carbonyl (C=O) groups is 1. The number of thiazole rings is 1. The second kappa shape index (κ2) is 5.77. The maximum Gasteiger partial charge on any atom is 0.347 e. The Morgan fingerprint density at radius 2 is 2.28 bits per heavy atom. The van der Waals surface area contributed by atoms with E-state index < -0.39 is 5.97 Å². The summed E-state index contributed by atoms with van der Waals surface area (Å²) in [6.07, 6.45) is 2.11. The van der Waals surface area contributed by atoms with Crippen molar-refractivity contribution in [3.8, 4) is 0 Å². The van der Waals surface area contributed by atoms with Gasteiger partial charge in [-0.15, -0.1) is 11.3 Å². The van der Waals surface area contributed by atoms with Crippen molar-refractivity contribution in [2.75, 3.05) is 19.7 Å². The Hall–Kier alpha value is -0.980. The number of hydrogen-bond acceptors (Lipinski definition) is 5. The average Bonchev–Trinajstić information content (AvgIpc) is 3.10. The Kier molecular flexibility index (Phi) is 4.31. The van der Waals surface area contributed by atoms with Gasteiger partial charge < -0.3 is 10.2 Å². The third kappa shape index (κ3) is 3.07. The highest BCUT2D eigenvalue weighted by atomic mass is 32.1. The maximum absolute atomic E-state index is 11.2. The van der Waals surface area contributed by atoms with Gasteiger partial charge in [0, 0.05) is 12.5 Å². The second-order valence-corrected chi connectivity index (χ2v) is 5.58. The average molecular weight is 270 g/mol. The first-order chi connectivity index (χ1) is 8.65. The number of aliphatic hydroxyl groups excluding tert-OH is 1. The van der Waals surface area contributed by atoms with Crippen LogP contribution in [0.4, 0.5) is 0 Å². The number of aromatic nitrogens is 1. The highest BCUT2D eigenvalue weighted by Crippen LogP contribution is 2.42. The molecule has 0 atom stereocenters. The van der Waals surface area contributed by atoms with Gasteiger partial charge in [0.2, 0.25) is 0 Å². The van der Waals surface area contributed by atoms with Gasteiger partial charge in [0.25, 0.3) is 0 Å². The molecule has 1 fully saturated rings. The summed E-state index contributed by atoms with van der Waals surface area (Å²) in [5.41, 5.74) is 0.766. The van der Waals surface area contributed by atoms with Crippen LogP contribution in [-0.4, -0.2) is 45.8 Å². The van der Waals surface area contributed by atoms with Crippen molar-refractivity contribution in [2.24, 2.45) is 0 Å². The smallest absolute Gasteiger partial charge is 0.347 e. The van der Waals surface area contributed by atoms with E-state index >= 15 is 0 Å². The molecule has 100 valence electrons. The van der Waals surface area contributed by atoms with E-state index in [1.165, 1.54) is 11.3 Å². The number of aromatic carboxylic acids is 1. The highest BCUT2D eigenvalue weighted by Gasteiger charge is 2.32. The monoisotopic (exact) mass is 270 g/mol. The zero-order valence-electron chi connectivity index (χ0n) is 10.4. The fraction of sp³-hybridized carbons (Fsp3) is 0.667. The SMILES string of the molecule is CCN(CCO)Cc1nc(C2CC2)c(C(=O)O)s1. The van der Waals surface area contributed by atoms with Crippen molar-refractivity contribution < 1.29 is 15.0 Å². The number of aliphatic hydroxyl groups is 1. The summed E-state index contributed by atoms with van der Waals surface area (Å²) >= 11 is 1.27. The number of carboxylic acids is 1. The fourth-order valence-corrected chi connectivity index (χ4v) is 2.94. The summed E-state index contributed by atoms with van der Waals surface area (Å²) in [7, 11) is 0. The molecule has 1 saturated carbocycles. The standard InChI is InChI=1S/C12H18N2O3S/c1-2-14(5-6-15)7-9-13-10(8-3-4-8)11(18-9)12(16)17/h8,15H,2-7H2,1H3,(H,16,17). The van der Waals surface area contributed by atoms with E-state index in [1.807, 2.05) is 6.92 Å². The minimum absolute atomic E-state index is 0.112. The van der Waals surface area contributed by atoms with Crippen molar-refractivity contribution in [1.82, 2.24) is 9.88 Å². The molecule has 2 N–H and O–H groups in total. The number of rotatable bonds is 7. The lowest BCUT2D eigenvalue weighted by Crippen LogP contribution is -2.25. The summed E-state index contributed by atoms with van der Waals surface area (Å²) in [5.74, 6) is -0.514. The molecule has 1 heterocycles. The van der Waals surface area contributed by atoms with Gasteiger partial charge in [0.15, 0.2) is 0 Å². The van der Waals surface area contributed by atoms with Crippen LogP contribution in [0.15, 0.2) is 0 Å². The van der Waals surface area contributed by atoms with Gasteiger partial charge in [0.05, 0.1) is 18.8 Å². The van der Waals surface area contributed by atoms with E-state index in [1.54, 1.807) is 0 Å². The van der Waals surface area contributed by atoms with Gasteiger partial charge in [-0.2, -0.15) is 0 Å². The van der Waals surface area contributed by atoms with Gasteiger partial charge in [0.1, 0.15) is 9.88 Å². The maximum atomic E-state index is 11.2. The van der Waals surface area contributed by atoms with Crippen molar-refractivity contribution in [3.05, 3.63) is 15.6 Å². The lowest BCUT2D eigenvalue weighted by atomic mass is 10.2. The Balaban J connectivity index is 2.13. The zero-order chi connectivity index (χ0) is 13.1. The van der Waals surface area contributed by atoms with Crippen LogP contribution in [0.5, 0.6) is 0 Å². The molecule has 1 aromatic heterocycles. The predicted molar refractivity (Wildman–Crippen MR) is 69.1 cm³/mol. The molecule has 5 nitrogen and oxygen atoms in total. The first-order valence-corrected chi connectivity index (χ1v) is 7.03. The Morgan fingerprint density at radius 3 is 2.78 bits per heavy atom. The summed E-state index contributed by atoms with van der Waals surface area (Å²) in [6.45, 7) is 4.16. The topological polar surface area (TPSA) is 73.7 Å². The van der Waals surface area contributed by atoms with Gasteiger partial charge >= 0.3 is 5.97 Å². The Bertz CT molecular complexity index is 429. The van der Waals surface area contributed by atoms with Gasteiger partial charge in [-0.1, -0.05) is 6.92 Å². The number of nitrogens with zero attached hydrogens (tertiary/aromatic N) is 2. The lowest BCUT2D eigenvalue weighted by Gasteiger charge is -2.16. The molecule has 0 spiro atoms. The molecule has 0 saturated heterocycles. The zero-order valence-corrected chi connectivity index (χ0v) is 11.2. The van der Waals surface area contributed by atoms with Gasteiger partial charge in [-0.25, -0.2) is 9.78 Å². The molecule has 1 aliphatic rings. The molecule has 1 aromatic rings. The van der Waals surface area contributed by atoms with Crippen molar-refractivity contribution in [1.29, 1.82) is 0 Å².